The van der Waals surface area contributed by atoms with Crippen LogP contribution in [0.2, 0.25) is 5.02 Å². The first-order valence-electron chi connectivity index (χ1n) is 10.9. The molecule has 1 aliphatic heterocycles. The number of amides is 3. The summed E-state index contributed by atoms with van der Waals surface area (Å²) in [7, 11) is 0. The molecule has 0 saturated heterocycles. The van der Waals surface area contributed by atoms with E-state index in [1.807, 2.05) is 6.07 Å². The van der Waals surface area contributed by atoms with E-state index in [-0.39, 0.29) is 27.4 Å². The number of imide groups is 1. The average Bonchev–Trinajstić information content (AvgIpc) is 3.12. The van der Waals surface area contributed by atoms with Crippen molar-refractivity contribution in [1.29, 1.82) is 0 Å². The molecule has 1 atom stereocenters. The van der Waals surface area contributed by atoms with Crippen LogP contribution in [0.4, 0.5) is 18.9 Å². The summed E-state index contributed by atoms with van der Waals surface area (Å²) in [6.07, 6.45) is -4.64. The molecule has 3 aromatic carbocycles. The monoisotopic (exact) mass is 530 g/mol. The smallest absolute Gasteiger partial charge is 0.416 e. The third-order valence-electron chi connectivity index (χ3n) is 5.73. The molecule has 190 valence electrons. The molecular weight excluding hydrogens is 513 g/mol. The van der Waals surface area contributed by atoms with Crippen LogP contribution < -0.4 is 5.32 Å². The van der Waals surface area contributed by atoms with E-state index < -0.39 is 48.1 Å². The summed E-state index contributed by atoms with van der Waals surface area (Å²) in [6.45, 7) is 0.883. The minimum atomic E-state index is -4.64. The molecule has 3 aromatic rings. The molecule has 0 aliphatic carbocycles. The van der Waals surface area contributed by atoms with E-state index in [0.29, 0.717) is 6.07 Å². The van der Waals surface area contributed by atoms with Crippen molar-refractivity contribution in [2.24, 2.45) is 0 Å². The van der Waals surface area contributed by atoms with Crippen LogP contribution >= 0.6 is 11.6 Å². The highest BCUT2D eigenvalue weighted by atomic mass is 35.5. The molecule has 1 heterocycles. The minimum Gasteiger partial charge on any atom is -0.452 e. The van der Waals surface area contributed by atoms with Gasteiger partial charge in [-0.3, -0.25) is 19.3 Å². The normalized spacial score (nSPS) is 13.8. The Kier molecular flexibility index (Phi) is 7.04. The van der Waals surface area contributed by atoms with Crippen molar-refractivity contribution >= 4 is 41.0 Å². The van der Waals surface area contributed by atoms with Crippen molar-refractivity contribution in [2.75, 3.05) is 11.9 Å². The lowest BCUT2D eigenvalue weighted by Gasteiger charge is -2.22. The molecule has 0 spiro atoms. The molecule has 0 saturated carbocycles. The van der Waals surface area contributed by atoms with Gasteiger partial charge < -0.3 is 10.1 Å². The van der Waals surface area contributed by atoms with Crippen molar-refractivity contribution < 1.29 is 37.1 Å². The van der Waals surface area contributed by atoms with Gasteiger partial charge >= 0.3 is 12.1 Å². The molecule has 0 unspecified atom stereocenters. The van der Waals surface area contributed by atoms with Crippen LogP contribution in [-0.4, -0.2) is 35.2 Å². The molecule has 0 fully saturated rings. The molecule has 0 radical (unpaired) electrons. The number of nitrogens with one attached hydrogen (secondary N) is 1. The third kappa shape index (κ3) is 5.34. The van der Waals surface area contributed by atoms with E-state index >= 15 is 0 Å². The fourth-order valence-corrected chi connectivity index (χ4v) is 3.98. The maximum absolute atomic E-state index is 13.0. The number of benzene rings is 3. The lowest BCUT2D eigenvalue weighted by Crippen LogP contribution is -2.32. The SMILES string of the molecule is C[C@@H](c1ccccc1)N1C(=O)c2ccc(C(=O)OCC(=O)Nc3cc(C(F)(F)F)ccc3Cl)cc2C1=O. The standard InChI is InChI=1S/C26H18ClF3N2O5/c1-14(15-5-3-2-4-6-15)32-23(34)18-9-7-16(11-19(18)24(32)35)25(36)37-13-22(33)31-21-12-17(26(28,29)30)8-10-20(21)27/h2-12,14H,13H2,1H3,(H,31,33)/t14-/m0/s1. The number of carbonyl (C=O) groups is 4. The van der Waals surface area contributed by atoms with Crippen LogP contribution in [0.25, 0.3) is 0 Å². The second kappa shape index (κ2) is 10.1. The second-order valence-electron chi connectivity index (χ2n) is 8.14. The van der Waals surface area contributed by atoms with Gasteiger partial charge in [0.15, 0.2) is 6.61 Å². The quantitative estimate of drug-likeness (QED) is 0.335. The number of fused-ring (bicyclic) bond motifs is 1. The summed E-state index contributed by atoms with van der Waals surface area (Å²) >= 11 is 5.85. The molecule has 11 heteroatoms. The summed E-state index contributed by atoms with van der Waals surface area (Å²) in [6, 6.07) is 14.6. The van der Waals surface area contributed by atoms with E-state index in [4.69, 9.17) is 16.3 Å². The molecule has 4 rings (SSSR count). The molecule has 37 heavy (non-hydrogen) atoms. The Balaban J connectivity index is 1.43. The summed E-state index contributed by atoms with van der Waals surface area (Å²) in [5, 5.41) is 2.03. The zero-order valence-electron chi connectivity index (χ0n) is 19.1. The zero-order chi connectivity index (χ0) is 26.9. The summed E-state index contributed by atoms with van der Waals surface area (Å²) in [4.78, 5) is 51.6. The zero-order valence-corrected chi connectivity index (χ0v) is 19.9. The van der Waals surface area contributed by atoms with Crippen LogP contribution in [0.15, 0.2) is 66.7 Å². The topological polar surface area (TPSA) is 92.8 Å². The Morgan fingerprint density at radius 3 is 2.32 bits per heavy atom. The first-order chi connectivity index (χ1) is 17.5. The first kappa shape index (κ1) is 25.9. The Morgan fingerprint density at radius 1 is 0.973 bits per heavy atom. The fraction of sp³-hybridized carbons (Fsp3) is 0.154. The highest BCUT2D eigenvalue weighted by molar-refractivity contribution is 6.33. The Labute approximate surface area is 213 Å². The van der Waals surface area contributed by atoms with Gasteiger partial charge in [-0.25, -0.2) is 4.79 Å². The average molecular weight is 531 g/mol. The maximum Gasteiger partial charge on any atom is 0.416 e. The predicted molar refractivity (Wildman–Crippen MR) is 127 cm³/mol. The number of alkyl halides is 3. The van der Waals surface area contributed by atoms with Crippen molar-refractivity contribution in [3.05, 3.63) is 99.6 Å². The van der Waals surface area contributed by atoms with E-state index in [1.54, 1.807) is 31.2 Å². The lowest BCUT2D eigenvalue weighted by molar-refractivity contribution is -0.137. The fourth-order valence-electron chi connectivity index (χ4n) is 3.82. The summed E-state index contributed by atoms with van der Waals surface area (Å²) in [5.74, 6) is -2.98. The van der Waals surface area contributed by atoms with Gasteiger partial charge in [-0.1, -0.05) is 41.9 Å². The van der Waals surface area contributed by atoms with E-state index in [9.17, 15) is 32.3 Å². The van der Waals surface area contributed by atoms with Gasteiger partial charge in [0, 0.05) is 0 Å². The van der Waals surface area contributed by atoms with Gasteiger partial charge in [0.1, 0.15) is 0 Å². The lowest BCUT2D eigenvalue weighted by atomic mass is 10.1. The van der Waals surface area contributed by atoms with Crippen LogP contribution in [0.5, 0.6) is 0 Å². The van der Waals surface area contributed by atoms with Crippen LogP contribution in [0, 0.1) is 0 Å². The van der Waals surface area contributed by atoms with Crippen LogP contribution in [-0.2, 0) is 15.7 Å². The molecule has 1 N–H and O–H groups in total. The van der Waals surface area contributed by atoms with Crippen LogP contribution in [0.3, 0.4) is 0 Å². The molecule has 0 aromatic heterocycles. The van der Waals surface area contributed by atoms with Crippen molar-refractivity contribution in [1.82, 2.24) is 4.90 Å². The number of nitrogens with zero attached hydrogens (tertiary/aromatic N) is 1. The van der Waals surface area contributed by atoms with Gasteiger partial charge in [0.2, 0.25) is 0 Å². The number of carbonyl (C=O) groups excluding carboxylic acids is 4. The Hall–Kier alpha value is -4.18. The molecule has 3 amide bonds. The number of ether oxygens (including phenoxy) is 1. The van der Waals surface area contributed by atoms with Crippen molar-refractivity contribution in [3.63, 3.8) is 0 Å². The number of anilines is 1. The highest BCUT2D eigenvalue weighted by Gasteiger charge is 2.39. The first-order valence-corrected chi connectivity index (χ1v) is 11.3. The number of hydrogen-bond donors (Lipinski definition) is 1. The van der Waals surface area contributed by atoms with Gasteiger partial charge in [0.05, 0.1) is 39.0 Å². The van der Waals surface area contributed by atoms with Gasteiger partial charge in [0.25, 0.3) is 17.7 Å². The summed E-state index contributed by atoms with van der Waals surface area (Å²) in [5.41, 5.74) is -0.504. The predicted octanol–water partition coefficient (Wildman–Crippen LogP) is 5.51. The number of esters is 1. The molecule has 1 aliphatic rings. The van der Waals surface area contributed by atoms with E-state index in [0.717, 1.165) is 22.6 Å². The molecular formula is C26H18ClF3N2O5. The highest BCUT2D eigenvalue weighted by Crippen LogP contribution is 2.34. The molecule has 7 nitrogen and oxygen atoms in total. The van der Waals surface area contributed by atoms with Gasteiger partial charge in [-0.2, -0.15) is 13.2 Å². The Morgan fingerprint density at radius 2 is 1.65 bits per heavy atom. The largest absolute Gasteiger partial charge is 0.452 e. The second-order valence-corrected chi connectivity index (χ2v) is 8.55. The number of hydrogen-bond acceptors (Lipinski definition) is 5. The maximum atomic E-state index is 13.0. The van der Waals surface area contributed by atoms with Crippen molar-refractivity contribution in [3.8, 4) is 0 Å². The number of halogens is 4. The molecule has 0 bridgehead atoms. The van der Waals surface area contributed by atoms with Gasteiger partial charge in [-0.05, 0) is 48.9 Å². The minimum absolute atomic E-state index is 0.0161. The summed E-state index contributed by atoms with van der Waals surface area (Å²) < 4.78 is 43.7. The van der Waals surface area contributed by atoms with E-state index in [2.05, 4.69) is 5.32 Å². The van der Waals surface area contributed by atoms with E-state index in [1.165, 1.54) is 18.2 Å². The number of rotatable bonds is 6. The van der Waals surface area contributed by atoms with Crippen molar-refractivity contribution in [2.45, 2.75) is 19.1 Å². The third-order valence-corrected chi connectivity index (χ3v) is 6.05. The van der Waals surface area contributed by atoms with Crippen LogP contribution in [0.1, 0.15) is 55.2 Å². The Bertz CT molecular complexity index is 1410. The van der Waals surface area contributed by atoms with Gasteiger partial charge in [-0.15, -0.1) is 0 Å².